The lowest BCUT2D eigenvalue weighted by molar-refractivity contribution is -0.152. The molecule has 0 fully saturated rings. The van der Waals surface area contributed by atoms with Crippen LogP contribution < -0.4 is 15.2 Å². The van der Waals surface area contributed by atoms with Crippen LogP contribution in [0.4, 0.5) is 14.4 Å². The van der Waals surface area contributed by atoms with Gasteiger partial charge in [-0.05, 0) is 65.7 Å². The third-order valence-electron chi connectivity index (χ3n) is 3.83. The number of ether oxygens (including phenoxy) is 7. The summed E-state index contributed by atoms with van der Waals surface area (Å²) in [5.74, 6) is -0.973. The fourth-order valence-electron chi connectivity index (χ4n) is 2.46. The van der Waals surface area contributed by atoms with Crippen LogP contribution in [0.15, 0.2) is 18.2 Å². The average Bonchev–Trinajstić information content (AvgIpc) is 2.73. The summed E-state index contributed by atoms with van der Waals surface area (Å²) >= 11 is 0. The van der Waals surface area contributed by atoms with E-state index < -0.39 is 48.8 Å². The standard InChI is InChI=1S/C23H33NO11.ClH/c1-7-29-21(26)30-12-15(6)33-20(25)17(24)10-16-8-9-18(34-22(27)31-13(2)3)19(11-16)35-23(28)32-14(4)5;/h8-9,11,13-15,17H,7,10,12,24H2,1-6H3;1H/t15-,17+;/m1./s1. The molecule has 0 bridgehead atoms. The molecule has 36 heavy (non-hydrogen) atoms. The number of carbonyl (C=O) groups is 4. The van der Waals surface area contributed by atoms with E-state index in [1.54, 1.807) is 34.6 Å². The first-order valence-electron chi connectivity index (χ1n) is 11.1. The lowest BCUT2D eigenvalue weighted by atomic mass is 10.1. The Morgan fingerprint density at radius 2 is 1.36 bits per heavy atom. The molecule has 204 valence electrons. The van der Waals surface area contributed by atoms with Crippen LogP contribution in [-0.4, -0.2) is 62.0 Å². The lowest BCUT2D eigenvalue weighted by Crippen LogP contribution is -2.37. The Kier molecular flexibility index (Phi) is 14.9. The molecule has 0 aliphatic heterocycles. The molecule has 1 aromatic rings. The van der Waals surface area contributed by atoms with E-state index in [1.165, 1.54) is 25.1 Å². The van der Waals surface area contributed by atoms with Gasteiger partial charge in [0.05, 0.1) is 18.8 Å². The van der Waals surface area contributed by atoms with E-state index in [9.17, 15) is 19.2 Å². The molecule has 0 spiro atoms. The average molecular weight is 536 g/mol. The highest BCUT2D eigenvalue weighted by Crippen LogP contribution is 2.30. The third kappa shape index (κ3) is 13.0. The summed E-state index contributed by atoms with van der Waals surface area (Å²) in [5.41, 5.74) is 6.42. The maximum absolute atomic E-state index is 12.3. The van der Waals surface area contributed by atoms with Crippen molar-refractivity contribution in [2.45, 2.75) is 72.3 Å². The number of nitrogens with two attached hydrogens (primary N) is 1. The molecule has 0 saturated carbocycles. The molecule has 0 aromatic heterocycles. The summed E-state index contributed by atoms with van der Waals surface area (Å²) in [6.45, 7) is 9.67. The highest BCUT2D eigenvalue weighted by molar-refractivity contribution is 5.85. The molecule has 1 aromatic carbocycles. The van der Waals surface area contributed by atoms with Gasteiger partial charge in [-0.15, -0.1) is 12.4 Å². The minimum atomic E-state index is -1.09. The summed E-state index contributed by atoms with van der Waals surface area (Å²) in [7, 11) is 0. The fourth-order valence-corrected chi connectivity index (χ4v) is 2.46. The van der Waals surface area contributed by atoms with Crippen molar-refractivity contribution in [3.05, 3.63) is 23.8 Å². The van der Waals surface area contributed by atoms with Gasteiger partial charge in [0.15, 0.2) is 11.5 Å². The third-order valence-corrected chi connectivity index (χ3v) is 3.83. The van der Waals surface area contributed by atoms with E-state index in [4.69, 9.17) is 34.2 Å². The smallest absolute Gasteiger partial charge is 0.458 e. The zero-order valence-electron chi connectivity index (χ0n) is 21.1. The molecule has 12 nitrogen and oxygen atoms in total. The summed E-state index contributed by atoms with van der Waals surface area (Å²) in [6.07, 6.45) is -4.51. The minimum Gasteiger partial charge on any atom is -0.458 e. The zero-order chi connectivity index (χ0) is 26.5. The summed E-state index contributed by atoms with van der Waals surface area (Å²) in [6, 6.07) is 3.18. The van der Waals surface area contributed by atoms with Gasteiger partial charge in [-0.25, -0.2) is 14.4 Å². The van der Waals surface area contributed by atoms with Gasteiger partial charge in [-0.1, -0.05) is 6.07 Å². The zero-order valence-corrected chi connectivity index (χ0v) is 22.0. The van der Waals surface area contributed by atoms with Crippen molar-refractivity contribution in [2.24, 2.45) is 5.73 Å². The lowest BCUT2D eigenvalue weighted by Gasteiger charge is -2.17. The number of carbonyl (C=O) groups excluding carboxylic acids is 4. The number of benzene rings is 1. The van der Waals surface area contributed by atoms with Crippen LogP contribution >= 0.6 is 12.4 Å². The largest absolute Gasteiger partial charge is 0.514 e. The molecule has 1 rings (SSSR count). The molecule has 0 radical (unpaired) electrons. The molecule has 2 N–H and O–H groups in total. The van der Waals surface area contributed by atoms with Gasteiger partial charge in [-0.2, -0.15) is 0 Å². The second kappa shape index (κ2) is 16.4. The molecular formula is C23H34ClNO11. The highest BCUT2D eigenvalue weighted by Gasteiger charge is 2.22. The fraction of sp³-hybridized carbons (Fsp3) is 0.565. The van der Waals surface area contributed by atoms with Crippen LogP contribution in [-0.2, 0) is 34.9 Å². The van der Waals surface area contributed by atoms with Gasteiger partial charge >= 0.3 is 24.4 Å². The van der Waals surface area contributed by atoms with Crippen molar-refractivity contribution in [2.75, 3.05) is 13.2 Å². The van der Waals surface area contributed by atoms with Crippen LogP contribution in [0.5, 0.6) is 11.5 Å². The van der Waals surface area contributed by atoms with Gasteiger partial charge in [-0.3, -0.25) is 4.79 Å². The molecular weight excluding hydrogens is 502 g/mol. The van der Waals surface area contributed by atoms with Crippen molar-refractivity contribution in [3.8, 4) is 11.5 Å². The molecule has 2 atom stereocenters. The van der Waals surface area contributed by atoms with Crippen LogP contribution in [0.25, 0.3) is 0 Å². The molecule has 0 unspecified atom stereocenters. The monoisotopic (exact) mass is 535 g/mol. The summed E-state index contributed by atoms with van der Waals surface area (Å²) in [5, 5.41) is 0. The number of hydrogen-bond donors (Lipinski definition) is 1. The molecule has 0 aliphatic carbocycles. The predicted octanol–water partition coefficient (Wildman–Crippen LogP) is 3.93. The van der Waals surface area contributed by atoms with E-state index >= 15 is 0 Å². The van der Waals surface area contributed by atoms with E-state index in [0.29, 0.717) is 5.56 Å². The number of esters is 1. The Labute approximate surface area is 216 Å². The molecule has 0 saturated heterocycles. The van der Waals surface area contributed by atoms with Crippen molar-refractivity contribution in [3.63, 3.8) is 0 Å². The Morgan fingerprint density at radius 1 is 0.806 bits per heavy atom. The van der Waals surface area contributed by atoms with Crippen LogP contribution in [0.3, 0.4) is 0 Å². The Balaban J connectivity index is 0.0000122. The van der Waals surface area contributed by atoms with Crippen molar-refractivity contribution in [1.29, 1.82) is 0 Å². The van der Waals surface area contributed by atoms with Gasteiger partial charge in [0.1, 0.15) is 18.8 Å². The molecule has 13 heteroatoms. The first kappa shape index (κ1) is 32.8. The van der Waals surface area contributed by atoms with Gasteiger partial charge in [0.25, 0.3) is 0 Å². The minimum absolute atomic E-state index is 0. The first-order chi connectivity index (χ1) is 16.4. The van der Waals surface area contributed by atoms with Crippen molar-refractivity contribution >= 4 is 36.8 Å². The Hall–Kier alpha value is -3.25. The van der Waals surface area contributed by atoms with Crippen LogP contribution in [0.2, 0.25) is 0 Å². The van der Waals surface area contributed by atoms with E-state index in [0.717, 1.165) is 0 Å². The Bertz CT molecular complexity index is 876. The SMILES string of the molecule is CCOC(=O)OC[C@@H](C)OC(=O)[C@@H](N)Cc1ccc(OC(=O)OC(C)C)c(OC(=O)OC(C)C)c1.Cl. The molecule has 0 amide bonds. The number of halogens is 1. The van der Waals surface area contributed by atoms with E-state index in [2.05, 4.69) is 4.74 Å². The Morgan fingerprint density at radius 3 is 1.89 bits per heavy atom. The van der Waals surface area contributed by atoms with Gasteiger partial charge in [0.2, 0.25) is 0 Å². The van der Waals surface area contributed by atoms with E-state index in [1.807, 2.05) is 0 Å². The van der Waals surface area contributed by atoms with Crippen LogP contribution in [0, 0.1) is 0 Å². The summed E-state index contributed by atoms with van der Waals surface area (Å²) < 4.78 is 34.8. The molecule has 0 heterocycles. The maximum atomic E-state index is 12.3. The van der Waals surface area contributed by atoms with Crippen molar-refractivity contribution < 1.29 is 52.3 Å². The van der Waals surface area contributed by atoms with Gasteiger partial charge < -0.3 is 38.9 Å². The summed E-state index contributed by atoms with van der Waals surface area (Å²) in [4.78, 5) is 47.4. The first-order valence-corrected chi connectivity index (χ1v) is 11.1. The normalized spacial score (nSPS) is 12.0. The topological polar surface area (TPSA) is 159 Å². The quantitative estimate of drug-likeness (QED) is 0.247. The second-order valence-electron chi connectivity index (χ2n) is 7.87. The predicted molar refractivity (Wildman–Crippen MR) is 128 cm³/mol. The van der Waals surface area contributed by atoms with E-state index in [-0.39, 0.29) is 43.5 Å². The van der Waals surface area contributed by atoms with Gasteiger partial charge in [0, 0.05) is 0 Å². The maximum Gasteiger partial charge on any atom is 0.514 e. The number of rotatable bonds is 11. The highest BCUT2D eigenvalue weighted by atomic mass is 35.5. The molecule has 0 aliphatic rings. The van der Waals surface area contributed by atoms with Crippen LogP contribution in [0.1, 0.15) is 47.1 Å². The number of hydrogen-bond acceptors (Lipinski definition) is 12. The second-order valence-corrected chi connectivity index (χ2v) is 7.87. The van der Waals surface area contributed by atoms with Crippen molar-refractivity contribution in [1.82, 2.24) is 0 Å².